The summed E-state index contributed by atoms with van der Waals surface area (Å²) in [7, 11) is 0. The van der Waals surface area contributed by atoms with Crippen molar-refractivity contribution in [2.24, 2.45) is 0 Å². The van der Waals surface area contributed by atoms with E-state index in [-0.39, 0.29) is 0 Å². The molecule has 0 saturated heterocycles. The molecule has 0 aromatic carbocycles. The lowest BCUT2D eigenvalue weighted by atomic mass is 9.92. The van der Waals surface area contributed by atoms with Crippen LogP contribution >= 0.6 is 81.2 Å². The molecule has 28 heavy (non-hydrogen) atoms. The van der Waals surface area contributed by atoms with Crippen LogP contribution in [0, 0.1) is 0 Å². The van der Waals surface area contributed by atoms with Crippen molar-refractivity contribution >= 4 is 81.2 Å². The van der Waals surface area contributed by atoms with Crippen molar-refractivity contribution in [2.75, 3.05) is 0 Å². The minimum Gasteiger partial charge on any atom is -0.216 e. The molecule has 0 rings (SSSR count). The molecule has 0 fully saturated rings. The summed E-state index contributed by atoms with van der Waals surface area (Å²) in [4.78, 5) is -2.57. The molecule has 0 nitrogen and oxygen atoms in total. The predicted octanol–water partition coefficient (Wildman–Crippen LogP) is 8.15. The highest BCUT2D eigenvalue weighted by molar-refractivity contribution is 6.69. The second-order valence-corrected chi connectivity index (χ2v) is 9.20. The summed E-state index contributed by atoms with van der Waals surface area (Å²) in [6.07, 6.45) is -7.49. The Morgan fingerprint density at radius 1 is 0.464 bits per heavy atom. The van der Waals surface area contributed by atoms with Gasteiger partial charge in [0.2, 0.25) is 4.33 Å². The second kappa shape index (κ2) is 7.65. The van der Waals surface area contributed by atoms with Gasteiger partial charge in [0.15, 0.2) is 4.33 Å². The van der Waals surface area contributed by atoms with Crippen molar-refractivity contribution in [2.45, 2.75) is 48.5 Å². The summed E-state index contributed by atoms with van der Waals surface area (Å²) < 4.78 is 149. The quantitative estimate of drug-likeness (QED) is 0.209. The molecule has 0 radical (unpaired) electrons. The molecule has 1 atom stereocenters. The lowest BCUT2D eigenvalue weighted by Crippen LogP contribution is -2.73. The largest absolute Gasteiger partial charge is 0.460 e. The first-order valence-corrected chi connectivity index (χ1v) is 8.45. The van der Waals surface area contributed by atoms with Gasteiger partial charge in [0.1, 0.15) is 4.84 Å². The van der Waals surface area contributed by atoms with Crippen LogP contribution in [0.25, 0.3) is 0 Å². The Bertz CT molecular complexity index is 582. The third-order valence-electron chi connectivity index (χ3n) is 3.02. The molecule has 0 heterocycles. The van der Waals surface area contributed by atoms with Crippen molar-refractivity contribution in [3.8, 4) is 0 Å². The van der Waals surface area contributed by atoms with E-state index in [1.54, 1.807) is 0 Å². The van der Waals surface area contributed by atoms with E-state index >= 15 is 0 Å². The molecule has 1 unspecified atom stereocenters. The van der Waals surface area contributed by atoms with Crippen LogP contribution in [0.4, 0.5) is 52.7 Å². The van der Waals surface area contributed by atoms with Crippen LogP contribution in [0.15, 0.2) is 0 Å². The van der Waals surface area contributed by atoms with Gasteiger partial charge in [-0.1, -0.05) is 58.0 Å². The zero-order chi connectivity index (χ0) is 23.6. The number of alkyl halides is 19. The molecule has 0 aliphatic carbocycles. The second-order valence-electron chi connectivity index (χ2n) is 4.87. The standard InChI is InChI=1S/C9HCl7F12/c10-1(11)2(12,13)3(14,15)4(16,17)5(18,19)6(20,21)7(22,23)8(24,25)9(26,27)28/h1H. The van der Waals surface area contributed by atoms with Crippen LogP contribution in [-0.4, -0.2) is 48.5 Å². The fraction of sp³-hybridized carbons (Fsp3) is 1.00. The van der Waals surface area contributed by atoms with E-state index in [9.17, 15) is 52.7 Å². The van der Waals surface area contributed by atoms with Gasteiger partial charge in [-0.25, -0.2) is 4.39 Å². The van der Waals surface area contributed by atoms with Gasteiger partial charge < -0.3 is 0 Å². The van der Waals surface area contributed by atoms with E-state index in [1.165, 1.54) is 0 Å². The third-order valence-corrected chi connectivity index (χ3v) is 7.34. The first-order chi connectivity index (χ1) is 11.7. The normalized spacial score (nSPS) is 18.4. The van der Waals surface area contributed by atoms with Gasteiger partial charge in [-0.2, -0.15) is 48.3 Å². The molecule has 0 aliphatic rings. The average molecular weight is 585 g/mol. The van der Waals surface area contributed by atoms with Gasteiger partial charge >= 0.3 is 29.9 Å². The fourth-order valence-electron chi connectivity index (χ4n) is 1.31. The van der Waals surface area contributed by atoms with E-state index in [1.807, 2.05) is 0 Å². The minimum atomic E-state index is -7.99. The number of hydrogen-bond donors (Lipinski definition) is 0. The average Bonchev–Trinajstić information content (AvgIpc) is 2.44. The van der Waals surface area contributed by atoms with Gasteiger partial charge in [-0.3, -0.25) is 0 Å². The summed E-state index contributed by atoms with van der Waals surface area (Å²) in [5.41, 5.74) is 0. The fourth-order valence-corrected chi connectivity index (χ4v) is 2.94. The van der Waals surface area contributed by atoms with Crippen LogP contribution in [0.3, 0.4) is 0 Å². The number of hydrogen-bond acceptors (Lipinski definition) is 0. The van der Waals surface area contributed by atoms with Gasteiger partial charge in [0.05, 0.1) is 0 Å². The van der Waals surface area contributed by atoms with Crippen LogP contribution in [0.2, 0.25) is 0 Å². The van der Waals surface area contributed by atoms with Crippen LogP contribution in [0.5, 0.6) is 0 Å². The van der Waals surface area contributed by atoms with Crippen molar-refractivity contribution in [3.63, 3.8) is 0 Å². The molecule has 0 aromatic heterocycles. The van der Waals surface area contributed by atoms with E-state index in [0.717, 1.165) is 0 Å². The highest BCUT2D eigenvalue weighted by Gasteiger charge is 2.92. The maximum atomic E-state index is 14.3. The van der Waals surface area contributed by atoms with E-state index in [2.05, 4.69) is 11.6 Å². The molecule has 0 bridgehead atoms. The zero-order valence-electron chi connectivity index (χ0n) is 11.8. The van der Waals surface area contributed by atoms with Gasteiger partial charge in [0, 0.05) is 0 Å². The van der Waals surface area contributed by atoms with E-state index in [4.69, 9.17) is 69.6 Å². The van der Waals surface area contributed by atoms with Crippen molar-refractivity contribution < 1.29 is 52.7 Å². The first kappa shape index (κ1) is 29.2. The van der Waals surface area contributed by atoms with Crippen LogP contribution in [0.1, 0.15) is 0 Å². The van der Waals surface area contributed by atoms with Crippen molar-refractivity contribution in [1.82, 2.24) is 0 Å². The van der Waals surface area contributed by atoms with E-state index < -0.39 is 48.5 Å². The molecule has 19 heteroatoms. The highest BCUT2D eigenvalue weighted by atomic mass is 35.5. The summed E-state index contributed by atoms with van der Waals surface area (Å²) in [6, 6.07) is 0. The molecule has 170 valence electrons. The van der Waals surface area contributed by atoms with E-state index in [0.29, 0.717) is 0 Å². The zero-order valence-corrected chi connectivity index (χ0v) is 17.1. The molecule has 0 saturated carbocycles. The summed E-state index contributed by atoms with van der Waals surface area (Å²) in [5, 5.41) is -6.05. The Morgan fingerprint density at radius 2 is 0.750 bits per heavy atom. The van der Waals surface area contributed by atoms with Crippen molar-refractivity contribution in [1.29, 1.82) is 0 Å². The molecule has 0 N–H and O–H groups in total. The SMILES string of the molecule is FC(F)(F)C(F)(F)C(F)(F)C(F)(F)C(F)(F)C(F)(Cl)C(Cl)(Cl)C(Cl)(Cl)C(Cl)Cl. The lowest BCUT2D eigenvalue weighted by molar-refractivity contribution is -0.429. The summed E-state index contributed by atoms with van der Waals surface area (Å²) >= 11 is 34.4. The van der Waals surface area contributed by atoms with Crippen LogP contribution < -0.4 is 0 Å². The molecule has 0 aromatic rings. The number of rotatable bonds is 7. The Labute approximate surface area is 182 Å². The predicted molar refractivity (Wildman–Crippen MR) is 79.9 cm³/mol. The third kappa shape index (κ3) is 3.79. The monoisotopic (exact) mass is 582 g/mol. The maximum absolute atomic E-state index is 14.3. The lowest BCUT2D eigenvalue weighted by Gasteiger charge is -2.46. The molecule has 0 amide bonds. The Hall–Kier alpha value is 1.19. The van der Waals surface area contributed by atoms with Gasteiger partial charge in [-0.05, 0) is 0 Å². The Morgan fingerprint density at radius 3 is 1.00 bits per heavy atom. The maximum Gasteiger partial charge on any atom is 0.460 e. The van der Waals surface area contributed by atoms with Crippen LogP contribution in [-0.2, 0) is 0 Å². The van der Waals surface area contributed by atoms with Gasteiger partial charge in [-0.15, -0.1) is 23.2 Å². The highest BCUT2D eigenvalue weighted by Crippen LogP contribution is 2.67. The topological polar surface area (TPSA) is 0 Å². The smallest absolute Gasteiger partial charge is 0.216 e. The summed E-state index contributed by atoms with van der Waals surface area (Å²) in [5.74, 6) is -31.1. The van der Waals surface area contributed by atoms with Crippen molar-refractivity contribution in [3.05, 3.63) is 0 Å². The first-order valence-electron chi connectivity index (χ1n) is 5.69. The molecule has 0 aliphatic heterocycles. The Balaban J connectivity index is 6.72. The Kier molecular flexibility index (Phi) is 7.98. The molecular formula is C9HCl7F12. The molecule has 0 spiro atoms. The van der Waals surface area contributed by atoms with Gasteiger partial charge in [0.25, 0.3) is 5.13 Å². The minimum absolute atomic E-state index is 2.57. The molecular weight excluding hydrogens is 584 g/mol. The summed E-state index contributed by atoms with van der Waals surface area (Å²) in [6.45, 7) is 0. The number of halogens is 19.